The molecule has 0 saturated carbocycles. The average Bonchev–Trinajstić information content (AvgIpc) is 2.33. The number of allylic oxidation sites excluding steroid dienone is 1. The first-order valence-corrected chi connectivity index (χ1v) is 2.80. The molecule has 2 nitrogen and oxygen atoms in total. The summed E-state index contributed by atoms with van der Waals surface area (Å²) in [6.45, 7) is 0.652. The van der Waals surface area contributed by atoms with Crippen molar-refractivity contribution in [2.24, 2.45) is 0 Å². The fourth-order valence-electron chi connectivity index (χ4n) is 0.863. The number of hydrogen-bond acceptors (Lipinski definition) is 2. The molecule has 0 amide bonds. The van der Waals surface area contributed by atoms with Crippen LogP contribution in [0.2, 0.25) is 0 Å². The molecule has 0 aromatic rings. The van der Waals surface area contributed by atoms with Gasteiger partial charge in [-0.25, -0.2) is 0 Å². The second-order valence-electron chi connectivity index (χ2n) is 1.97. The van der Waals surface area contributed by atoms with E-state index in [1.807, 2.05) is 6.08 Å². The molecule has 46 valence electrons. The Morgan fingerprint density at radius 1 is 1.33 bits per heavy atom. The maximum Gasteiger partial charge on any atom is 0.116 e. The topological polar surface area (TPSA) is 18.5 Å². The third-order valence-electron chi connectivity index (χ3n) is 1.36. The molecule has 0 unspecified atom stereocenters. The highest BCUT2D eigenvalue weighted by molar-refractivity contribution is 5.42. The van der Waals surface area contributed by atoms with Crippen molar-refractivity contribution < 1.29 is 9.47 Å². The third kappa shape index (κ3) is 0.633. The number of fused-ring (bicyclic) bond motifs is 1. The molecule has 2 heterocycles. The first kappa shape index (κ1) is 4.68. The maximum atomic E-state index is 5.03. The zero-order chi connectivity index (χ0) is 6.10. The maximum absolute atomic E-state index is 5.03. The predicted octanol–water partition coefficient (Wildman–Crippen LogP) is 1.33. The fourth-order valence-corrected chi connectivity index (χ4v) is 0.863. The molecule has 0 spiro atoms. The van der Waals surface area contributed by atoms with Crippen LogP contribution in [0.1, 0.15) is 0 Å². The zero-order valence-corrected chi connectivity index (χ0v) is 4.83. The highest BCUT2D eigenvalue weighted by Gasteiger charge is 2.12. The zero-order valence-electron chi connectivity index (χ0n) is 4.83. The van der Waals surface area contributed by atoms with Crippen molar-refractivity contribution in [2.75, 3.05) is 6.61 Å². The minimum atomic E-state index is 0.652. The van der Waals surface area contributed by atoms with E-state index >= 15 is 0 Å². The van der Waals surface area contributed by atoms with Gasteiger partial charge < -0.3 is 9.47 Å². The van der Waals surface area contributed by atoms with Gasteiger partial charge in [-0.2, -0.15) is 0 Å². The van der Waals surface area contributed by atoms with E-state index < -0.39 is 0 Å². The van der Waals surface area contributed by atoms with Gasteiger partial charge in [0.2, 0.25) is 0 Å². The Kier molecular flexibility index (Phi) is 0.859. The molecule has 0 fully saturated rings. The lowest BCUT2D eigenvalue weighted by molar-refractivity contribution is 0.296. The van der Waals surface area contributed by atoms with Crippen LogP contribution in [0.3, 0.4) is 0 Å². The molecular formula is C7H6O2. The summed E-state index contributed by atoms with van der Waals surface area (Å²) in [6.07, 6.45) is 6.98. The van der Waals surface area contributed by atoms with Gasteiger partial charge in [0.05, 0.1) is 18.8 Å². The van der Waals surface area contributed by atoms with E-state index in [2.05, 4.69) is 0 Å². The van der Waals surface area contributed by atoms with Crippen LogP contribution in [0.15, 0.2) is 36.0 Å². The largest absolute Gasteiger partial charge is 0.496 e. The Morgan fingerprint density at radius 2 is 2.33 bits per heavy atom. The Balaban J connectivity index is 2.37. The van der Waals surface area contributed by atoms with Crippen LogP contribution in [-0.2, 0) is 9.47 Å². The second-order valence-corrected chi connectivity index (χ2v) is 1.97. The standard InChI is InChI=1S/C7H6O2/c1-2-8-4-7-5-9-3-6(1)7/h1-4H,5H2. The van der Waals surface area contributed by atoms with Gasteiger partial charge in [-0.1, -0.05) is 0 Å². The minimum absolute atomic E-state index is 0.652. The van der Waals surface area contributed by atoms with Crippen LogP contribution in [-0.4, -0.2) is 6.61 Å². The van der Waals surface area contributed by atoms with Crippen molar-refractivity contribution in [3.05, 3.63) is 36.0 Å². The van der Waals surface area contributed by atoms with Crippen molar-refractivity contribution in [2.45, 2.75) is 0 Å². The summed E-state index contributed by atoms with van der Waals surface area (Å²) < 4.78 is 9.95. The molecule has 2 rings (SSSR count). The van der Waals surface area contributed by atoms with E-state index in [1.165, 1.54) is 0 Å². The van der Waals surface area contributed by atoms with Gasteiger partial charge in [0.25, 0.3) is 0 Å². The summed E-state index contributed by atoms with van der Waals surface area (Å²) in [5, 5.41) is 0. The predicted molar refractivity (Wildman–Crippen MR) is 32.3 cm³/mol. The van der Waals surface area contributed by atoms with Crippen molar-refractivity contribution in [3.63, 3.8) is 0 Å². The Bertz CT molecular complexity index is 211. The quantitative estimate of drug-likeness (QED) is 0.482. The Labute approximate surface area is 53.1 Å². The van der Waals surface area contributed by atoms with Crippen LogP contribution >= 0.6 is 0 Å². The number of rotatable bonds is 0. The van der Waals surface area contributed by atoms with Crippen molar-refractivity contribution in [1.82, 2.24) is 0 Å². The third-order valence-corrected chi connectivity index (χ3v) is 1.36. The molecule has 0 atom stereocenters. The molecule has 2 aliphatic rings. The normalized spacial score (nSPS) is 21.3. The van der Waals surface area contributed by atoms with Gasteiger partial charge in [0.1, 0.15) is 6.61 Å². The van der Waals surface area contributed by atoms with Crippen LogP contribution in [0.4, 0.5) is 0 Å². The lowest BCUT2D eigenvalue weighted by Gasteiger charge is -2.01. The molecule has 0 N–H and O–H groups in total. The summed E-state index contributed by atoms with van der Waals surface area (Å²) in [7, 11) is 0. The molecule has 0 aliphatic carbocycles. The average molecular weight is 122 g/mol. The first-order chi connectivity index (χ1) is 4.47. The highest BCUT2D eigenvalue weighted by Crippen LogP contribution is 2.21. The molecule has 9 heavy (non-hydrogen) atoms. The fraction of sp³-hybridized carbons (Fsp3) is 0.143. The van der Waals surface area contributed by atoms with E-state index in [0.29, 0.717) is 6.61 Å². The van der Waals surface area contributed by atoms with E-state index in [4.69, 9.17) is 9.47 Å². The van der Waals surface area contributed by atoms with Crippen molar-refractivity contribution >= 4 is 0 Å². The highest BCUT2D eigenvalue weighted by atomic mass is 16.5. The van der Waals surface area contributed by atoms with Crippen LogP contribution in [0.25, 0.3) is 0 Å². The van der Waals surface area contributed by atoms with Gasteiger partial charge >= 0.3 is 0 Å². The molecule has 0 bridgehead atoms. The lowest BCUT2D eigenvalue weighted by atomic mass is 10.1. The molecule has 2 heteroatoms. The summed E-state index contributed by atoms with van der Waals surface area (Å²) in [4.78, 5) is 0. The molecule has 0 saturated heterocycles. The van der Waals surface area contributed by atoms with E-state index in [9.17, 15) is 0 Å². The van der Waals surface area contributed by atoms with Crippen LogP contribution in [0.5, 0.6) is 0 Å². The van der Waals surface area contributed by atoms with Crippen molar-refractivity contribution in [3.8, 4) is 0 Å². The van der Waals surface area contributed by atoms with Crippen molar-refractivity contribution in [1.29, 1.82) is 0 Å². The Hall–Kier alpha value is -1.18. The van der Waals surface area contributed by atoms with E-state index in [0.717, 1.165) is 11.1 Å². The molecule has 0 aromatic heterocycles. The van der Waals surface area contributed by atoms with Gasteiger partial charge in [-0.15, -0.1) is 0 Å². The summed E-state index contributed by atoms with van der Waals surface area (Å²) in [6, 6.07) is 0. The number of hydrogen-bond donors (Lipinski definition) is 0. The van der Waals surface area contributed by atoms with Gasteiger partial charge in [0, 0.05) is 11.1 Å². The summed E-state index contributed by atoms with van der Waals surface area (Å²) in [5.41, 5.74) is 2.25. The monoisotopic (exact) mass is 122 g/mol. The summed E-state index contributed by atoms with van der Waals surface area (Å²) in [5.74, 6) is 0. The number of ether oxygens (including phenoxy) is 2. The van der Waals surface area contributed by atoms with Gasteiger partial charge in [0.15, 0.2) is 0 Å². The van der Waals surface area contributed by atoms with Crippen LogP contribution < -0.4 is 0 Å². The van der Waals surface area contributed by atoms with Gasteiger partial charge in [-0.3, -0.25) is 0 Å². The smallest absolute Gasteiger partial charge is 0.116 e. The van der Waals surface area contributed by atoms with E-state index in [1.54, 1.807) is 18.8 Å². The van der Waals surface area contributed by atoms with Crippen LogP contribution in [0, 0.1) is 0 Å². The summed E-state index contributed by atoms with van der Waals surface area (Å²) >= 11 is 0. The second kappa shape index (κ2) is 1.65. The molecule has 0 aromatic carbocycles. The van der Waals surface area contributed by atoms with Gasteiger partial charge in [-0.05, 0) is 6.08 Å². The lowest BCUT2D eigenvalue weighted by Crippen LogP contribution is -1.90. The molecular weight excluding hydrogens is 116 g/mol. The molecule has 0 radical (unpaired) electrons. The SMILES string of the molecule is C1=CC2=COCC2=CO1. The minimum Gasteiger partial charge on any atom is -0.496 e. The van der Waals surface area contributed by atoms with E-state index in [-0.39, 0.29) is 0 Å². The Morgan fingerprint density at radius 3 is 3.22 bits per heavy atom. The first-order valence-electron chi connectivity index (χ1n) is 2.80. The molecule has 2 aliphatic heterocycles.